The minimum Gasteiger partial charge on any atom is -0.490 e. The molecule has 0 unspecified atom stereocenters. The average Bonchev–Trinajstić information content (AvgIpc) is 2.65. The summed E-state index contributed by atoms with van der Waals surface area (Å²) in [5.74, 6) is 0.477. The lowest BCUT2D eigenvalue weighted by Crippen LogP contribution is -2.46. The van der Waals surface area contributed by atoms with Crippen molar-refractivity contribution in [1.29, 1.82) is 0 Å². The molecular formula is C21H19F3N2O2. The Morgan fingerprint density at radius 2 is 1.79 bits per heavy atom. The minimum absolute atomic E-state index is 0.0425. The van der Waals surface area contributed by atoms with Crippen LogP contribution in [0.25, 0.3) is 10.8 Å². The number of benzene rings is 2. The highest BCUT2D eigenvalue weighted by atomic mass is 19.3. The van der Waals surface area contributed by atoms with E-state index in [0.29, 0.717) is 17.9 Å². The lowest BCUT2D eigenvalue weighted by molar-refractivity contribution is -0.0499. The molecule has 1 fully saturated rings. The highest BCUT2D eigenvalue weighted by Crippen LogP contribution is 2.28. The van der Waals surface area contributed by atoms with E-state index in [1.807, 2.05) is 6.07 Å². The first-order valence-electron chi connectivity index (χ1n) is 9.04. The number of hydrogen-bond donors (Lipinski definition) is 1. The predicted molar refractivity (Wildman–Crippen MR) is 99.1 cm³/mol. The van der Waals surface area contributed by atoms with Gasteiger partial charge in [-0.2, -0.15) is 8.78 Å². The second-order valence-corrected chi connectivity index (χ2v) is 6.76. The first kappa shape index (κ1) is 18.6. The zero-order chi connectivity index (χ0) is 19.5. The second kappa shape index (κ2) is 8.06. The third-order valence-electron chi connectivity index (χ3n) is 4.89. The molecule has 2 aromatic carbocycles. The summed E-state index contributed by atoms with van der Waals surface area (Å²) in [6.45, 7) is -2.40. The molecule has 4 rings (SSSR count). The van der Waals surface area contributed by atoms with Gasteiger partial charge in [-0.05, 0) is 60.7 Å². The van der Waals surface area contributed by atoms with Crippen LogP contribution in [0.3, 0.4) is 0 Å². The maximum Gasteiger partial charge on any atom is 0.387 e. The summed E-state index contributed by atoms with van der Waals surface area (Å²) in [6, 6.07) is 11.4. The van der Waals surface area contributed by atoms with Gasteiger partial charge in [-0.3, -0.25) is 4.98 Å². The molecule has 1 saturated carbocycles. The monoisotopic (exact) mass is 388 g/mol. The first-order valence-corrected chi connectivity index (χ1v) is 9.04. The standard InChI is InChI=1S/C21H19F3N2O2/c22-20-6-1-13-11-25-8-7-18(13)19(20)12-26-14-9-17(10-14)27-15-2-4-16(5-3-15)28-21(23)24/h1-8,11,14,17,21,26H,9-10,12H2. The summed E-state index contributed by atoms with van der Waals surface area (Å²) in [4.78, 5) is 4.07. The molecule has 1 heterocycles. The van der Waals surface area contributed by atoms with E-state index in [2.05, 4.69) is 15.0 Å². The maximum atomic E-state index is 14.2. The fourth-order valence-electron chi connectivity index (χ4n) is 3.35. The number of aromatic nitrogens is 1. The molecule has 1 N–H and O–H groups in total. The fourth-order valence-corrected chi connectivity index (χ4v) is 3.35. The summed E-state index contributed by atoms with van der Waals surface area (Å²) >= 11 is 0. The van der Waals surface area contributed by atoms with Gasteiger partial charge in [0.05, 0.1) is 0 Å². The smallest absolute Gasteiger partial charge is 0.387 e. The Morgan fingerprint density at radius 1 is 1.04 bits per heavy atom. The van der Waals surface area contributed by atoms with Gasteiger partial charge in [0, 0.05) is 35.9 Å². The predicted octanol–water partition coefficient (Wildman–Crippen LogP) is 4.67. The molecule has 7 heteroatoms. The van der Waals surface area contributed by atoms with E-state index in [9.17, 15) is 13.2 Å². The lowest BCUT2D eigenvalue weighted by atomic mass is 9.89. The van der Waals surface area contributed by atoms with Crippen LogP contribution in [0.4, 0.5) is 13.2 Å². The summed E-state index contributed by atoms with van der Waals surface area (Å²) in [6.07, 6.45) is 5.02. The molecule has 4 nitrogen and oxygen atoms in total. The molecule has 1 aliphatic carbocycles. The molecular weight excluding hydrogens is 369 g/mol. The number of hydrogen-bond acceptors (Lipinski definition) is 4. The molecule has 0 amide bonds. The van der Waals surface area contributed by atoms with Crippen molar-refractivity contribution >= 4 is 10.8 Å². The third kappa shape index (κ3) is 4.20. The van der Waals surface area contributed by atoms with Gasteiger partial charge in [-0.25, -0.2) is 4.39 Å². The number of nitrogens with one attached hydrogen (secondary N) is 1. The van der Waals surface area contributed by atoms with Gasteiger partial charge in [0.2, 0.25) is 0 Å². The van der Waals surface area contributed by atoms with Gasteiger partial charge < -0.3 is 14.8 Å². The Labute approximate surface area is 160 Å². The van der Waals surface area contributed by atoms with Crippen molar-refractivity contribution in [2.24, 2.45) is 0 Å². The molecule has 1 aromatic heterocycles. The van der Waals surface area contributed by atoms with E-state index < -0.39 is 6.61 Å². The molecule has 28 heavy (non-hydrogen) atoms. The molecule has 0 radical (unpaired) electrons. The van der Waals surface area contributed by atoms with Gasteiger partial charge in [0.1, 0.15) is 23.4 Å². The fraction of sp³-hybridized carbons (Fsp3) is 0.286. The van der Waals surface area contributed by atoms with Crippen molar-refractivity contribution in [3.63, 3.8) is 0 Å². The van der Waals surface area contributed by atoms with E-state index in [-0.39, 0.29) is 23.7 Å². The number of ether oxygens (including phenoxy) is 2. The Bertz CT molecular complexity index is 944. The highest BCUT2D eigenvalue weighted by molar-refractivity contribution is 5.84. The van der Waals surface area contributed by atoms with Crippen LogP contribution in [0.15, 0.2) is 54.9 Å². The van der Waals surface area contributed by atoms with Gasteiger partial charge >= 0.3 is 6.61 Å². The van der Waals surface area contributed by atoms with Crippen LogP contribution in [-0.2, 0) is 6.54 Å². The lowest BCUT2D eigenvalue weighted by Gasteiger charge is -2.36. The van der Waals surface area contributed by atoms with Crippen LogP contribution in [0.1, 0.15) is 18.4 Å². The summed E-state index contributed by atoms with van der Waals surface area (Å²) in [5.41, 5.74) is 0.638. The van der Waals surface area contributed by atoms with Crippen LogP contribution in [-0.4, -0.2) is 23.7 Å². The number of nitrogens with zero attached hydrogens (tertiary/aromatic N) is 1. The zero-order valence-electron chi connectivity index (χ0n) is 14.9. The van der Waals surface area contributed by atoms with Crippen molar-refractivity contribution in [3.05, 3.63) is 66.2 Å². The third-order valence-corrected chi connectivity index (χ3v) is 4.89. The Kier molecular flexibility index (Phi) is 5.34. The van der Waals surface area contributed by atoms with E-state index >= 15 is 0 Å². The molecule has 0 saturated heterocycles. The number of halogens is 3. The van der Waals surface area contributed by atoms with Crippen LogP contribution in [0, 0.1) is 5.82 Å². The topological polar surface area (TPSA) is 43.4 Å². The molecule has 1 aliphatic rings. The number of pyridine rings is 1. The molecule has 0 spiro atoms. The van der Waals surface area contributed by atoms with Gasteiger partial charge in [0.15, 0.2) is 0 Å². The van der Waals surface area contributed by atoms with Gasteiger partial charge in [0.25, 0.3) is 0 Å². The van der Waals surface area contributed by atoms with Crippen molar-refractivity contribution in [2.75, 3.05) is 0 Å². The second-order valence-electron chi connectivity index (χ2n) is 6.76. The molecule has 0 atom stereocenters. The van der Waals surface area contributed by atoms with Crippen LogP contribution in [0.2, 0.25) is 0 Å². The number of rotatable bonds is 7. The molecule has 0 aliphatic heterocycles. The maximum absolute atomic E-state index is 14.2. The largest absolute Gasteiger partial charge is 0.490 e. The van der Waals surface area contributed by atoms with E-state index in [0.717, 1.165) is 23.6 Å². The van der Waals surface area contributed by atoms with E-state index in [1.54, 1.807) is 30.6 Å². The molecule has 146 valence electrons. The van der Waals surface area contributed by atoms with Crippen molar-refractivity contribution in [3.8, 4) is 11.5 Å². The average molecular weight is 388 g/mol. The van der Waals surface area contributed by atoms with E-state index in [4.69, 9.17) is 4.74 Å². The van der Waals surface area contributed by atoms with Crippen molar-refractivity contribution < 1.29 is 22.6 Å². The Hall–Kier alpha value is -2.80. The summed E-state index contributed by atoms with van der Waals surface area (Å²) < 4.78 is 48.7. The van der Waals surface area contributed by atoms with Gasteiger partial charge in [-0.15, -0.1) is 0 Å². The van der Waals surface area contributed by atoms with Crippen LogP contribution in [0.5, 0.6) is 11.5 Å². The van der Waals surface area contributed by atoms with Crippen molar-refractivity contribution in [2.45, 2.75) is 38.1 Å². The normalized spacial score (nSPS) is 18.9. The SMILES string of the molecule is Fc1ccc2cnccc2c1CNC1CC(Oc2ccc(OC(F)F)cc2)C1. The summed E-state index contributed by atoms with van der Waals surface area (Å²) in [5, 5.41) is 5.14. The van der Waals surface area contributed by atoms with E-state index in [1.165, 1.54) is 18.2 Å². The molecule has 3 aromatic rings. The number of fused-ring (bicyclic) bond motifs is 1. The first-order chi connectivity index (χ1) is 13.6. The van der Waals surface area contributed by atoms with Crippen molar-refractivity contribution in [1.82, 2.24) is 10.3 Å². The number of alkyl halides is 2. The summed E-state index contributed by atoms with van der Waals surface area (Å²) in [7, 11) is 0. The zero-order valence-corrected chi connectivity index (χ0v) is 14.9. The highest BCUT2D eigenvalue weighted by Gasteiger charge is 2.30. The van der Waals surface area contributed by atoms with Crippen LogP contribution < -0.4 is 14.8 Å². The van der Waals surface area contributed by atoms with Crippen LogP contribution >= 0.6 is 0 Å². The molecule has 0 bridgehead atoms. The Balaban J connectivity index is 1.28. The van der Waals surface area contributed by atoms with Gasteiger partial charge in [-0.1, -0.05) is 0 Å². The Morgan fingerprint density at radius 3 is 2.54 bits per heavy atom. The quantitative estimate of drug-likeness (QED) is 0.639. The minimum atomic E-state index is -2.84.